The third kappa shape index (κ3) is 3.95. The first kappa shape index (κ1) is 19.9. The van der Waals surface area contributed by atoms with Crippen molar-refractivity contribution in [1.29, 1.82) is 0 Å². The number of nitrogens with zero attached hydrogens (tertiary/aromatic N) is 1. The summed E-state index contributed by atoms with van der Waals surface area (Å²) in [5.41, 5.74) is 6.00. The summed E-state index contributed by atoms with van der Waals surface area (Å²) in [5.74, 6) is 1.20. The van der Waals surface area contributed by atoms with Gasteiger partial charge in [-0.2, -0.15) is 0 Å². The number of methoxy groups -OCH3 is 1. The van der Waals surface area contributed by atoms with Crippen molar-refractivity contribution >= 4 is 27.9 Å². The molecule has 2 aromatic heterocycles. The van der Waals surface area contributed by atoms with Crippen molar-refractivity contribution in [2.45, 2.75) is 19.4 Å². The molecule has 5 aromatic rings. The van der Waals surface area contributed by atoms with Gasteiger partial charge in [-0.1, -0.05) is 30.3 Å². The van der Waals surface area contributed by atoms with E-state index in [9.17, 15) is 4.79 Å². The van der Waals surface area contributed by atoms with Crippen molar-refractivity contribution in [1.82, 2.24) is 15.0 Å². The number of aromatic amines is 2. The zero-order valence-electron chi connectivity index (χ0n) is 17.7. The molecule has 0 aliphatic carbocycles. The van der Waals surface area contributed by atoms with E-state index in [1.807, 2.05) is 66.7 Å². The SMILES string of the molecule is COc1ccc(-c2[nH]c3ccccc3c2CCC(=O)OCc2nc3ccccc3[nH]2)cc1. The average Bonchev–Trinajstić information content (AvgIpc) is 3.42. The van der Waals surface area contributed by atoms with Gasteiger partial charge in [0.05, 0.1) is 18.1 Å². The number of para-hydroxylation sites is 3. The summed E-state index contributed by atoms with van der Waals surface area (Å²) in [5, 5.41) is 1.11. The zero-order chi connectivity index (χ0) is 21.9. The van der Waals surface area contributed by atoms with Gasteiger partial charge in [-0.25, -0.2) is 4.98 Å². The molecule has 160 valence electrons. The Labute approximate surface area is 185 Å². The summed E-state index contributed by atoms with van der Waals surface area (Å²) in [6.07, 6.45) is 0.857. The van der Waals surface area contributed by atoms with Crippen molar-refractivity contribution in [3.8, 4) is 17.0 Å². The van der Waals surface area contributed by atoms with E-state index in [1.165, 1.54) is 0 Å². The molecule has 0 aliphatic rings. The second kappa shape index (κ2) is 8.59. The van der Waals surface area contributed by atoms with Crippen LogP contribution in [0.25, 0.3) is 33.2 Å². The highest BCUT2D eigenvalue weighted by atomic mass is 16.5. The van der Waals surface area contributed by atoms with Crippen LogP contribution in [0.1, 0.15) is 17.8 Å². The Balaban J connectivity index is 1.32. The highest BCUT2D eigenvalue weighted by Crippen LogP contribution is 2.32. The van der Waals surface area contributed by atoms with Crippen LogP contribution in [0.3, 0.4) is 0 Å². The minimum Gasteiger partial charge on any atom is -0.497 e. The van der Waals surface area contributed by atoms with Crippen LogP contribution in [0.2, 0.25) is 0 Å². The Morgan fingerprint density at radius 2 is 1.66 bits per heavy atom. The van der Waals surface area contributed by atoms with E-state index >= 15 is 0 Å². The van der Waals surface area contributed by atoms with Crippen LogP contribution in [-0.4, -0.2) is 28.0 Å². The van der Waals surface area contributed by atoms with Gasteiger partial charge in [-0.05, 0) is 60.0 Å². The Hall–Kier alpha value is -4.06. The Bertz CT molecular complexity index is 1350. The monoisotopic (exact) mass is 425 g/mol. The molecule has 3 aromatic carbocycles. The van der Waals surface area contributed by atoms with Gasteiger partial charge in [0, 0.05) is 23.0 Å². The molecule has 0 unspecified atom stereocenters. The number of nitrogens with one attached hydrogen (secondary N) is 2. The molecule has 6 nitrogen and oxygen atoms in total. The summed E-state index contributed by atoms with van der Waals surface area (Å²) in [4.78, 5) is 23.6. The van der Waals surface area contributed by atoms with E-state index in [4.69, 9.17) is 9.47 Å². The lowest BCUT2D eigenvalue weighted by molar-refractivity contribution is -0.145. The highest BCUT2D eigenvalue weighted by molar-refractivity contribution is 5.91. The number of hydrogen-bond acceptors (Lipinski definition) is 4. The number of hydrogen-bond donors (Lipinski definition) is 2. The number of esters is 1. The van der Waals surface area contributed by atoms with Gasteiger partial charge in [0.2, 0.25) is 0 Å². The Morgan fingerprint density at radius 3 is 2.44 bits per heavy atom. The molecule has 6 heteroatoms. The second-order valence-corrected chi connectivity index (χ2v) is 7.61. The number of fused-ring (bicyclic) bond motifs is 2. The van der Waals surface area contributed by atoms with Crippen LogP contribution >= 0.6 is 0 Å². The number of imidazole rings is 1. The first-order valence-electron chi connectivity index (χ1n) is 10.5. The van der Waals surface area contributed by atoms with Crippen molar-refractivity contribution in [2.75, 3.05) is 7.11 Å². The number of benzene rings is 3. The minimum absolute atomic E-state index is 0.132. The van der Waals surface area contributed by atoms with Crippen LogP contribution in [0.4, 0.5) is 0 Å². The van der Waals surface area contributed by atoms with Crippen LogP contribution in [-0.2, 0) is 22.6 Å². The van der Waals surface area contributed by atoms with Crippen LogP contribution in [0.5, 0.6) is 5.75 Å². The quantitative estimate of drug-likeness (QED) is 0.342. The van der Waals surface area contributed by atoms with E-state index in [-0.39, 0.29) is 19.0 Å². The lowest BCUT2D eigenvalue weighted by Gasteiger charge is -2.07. The first-order valence-corrected chi connectivity index (χ1v) is 10.5. The van der Waals surface area contributed by atoms with Gasteiger partial charge < -0.3 is 19.4 Å². The number of H-pyrrole nitrogens is 2. The number of carbonyl (C=O) groups is 1. The third-order valence-electron chi connectivity index (χ3n) is 5.58. The maximum absolute atomic E-state index is 12.5. The van der Waals surface area contributed by atoms with Crippen LogP contribution < -0.4 is 4.74 Å². The van der Waals surface area contributed by atoms with Gasteiger partial charge in [0.25, 0.3) is 0 Å². The Kier molecular flexibility index (Phi) is 5.34. The fourth-order valence-electron chi connectivity index (χ4n) is 3.99. The summed E-state index contributed by atoms with van der Waals surface area (Å²) in [6, 6.07) is 23.8. The fraction of sp³-hybridized carbons (Fsp3) is 0.154. The number of ether oxygens (including phenoxy) is 2. The maximum Gasteiger partial charge on any atom is 0.306 e. The van der Waals surface area contributed by atoms with E-state index in [1.54, 1.807) is 7.11 Å². The number of rotatable bonds is 7. The van der Waals surface area contributed by atoms with Crippen molar-refractivity contribution in [3.63, 3.8) is 0 Å². The standard InChI is InChI=1S/C26H23N3O3/c1-31-18-12-10-17(11-13-18)26-20(19-6-2-3-7-21(19)29-26)14-15-25(30)32-16-24-27-22-8-4-5-9-23(22)28-24/h2-13,29H,14-16H2,1H3,(H,27,28). The van der Waals surface area contributed by atoms with Crippen molar-refractivity contribution in [2.24, 2.45) is 0 Å². The van der Waals surface area contributed by atoms with Gasteiger partial charge in [0.1, 0.15) is 18.2 Å². The Morgan fingerprint density at radius 1 is 0.906 bits per heavy atom. The summed E-state index contributed by atoms with van der Waals surface area (Å²) in [6.45, 7) is 0.132. The molecule has 2 heterocycles. The smallest absolute Gasteiger partial charge is 0.306 e. The highest BCUT2D eigenvalue weighted by Gasteiger charge is 2.15. The summed E-state index contributed by atoms with van der Waals surface area (Å²) >= 11 is 0. The molecule has 0 fully saturated rings. The average molecular weight is 425 g/mol. The lowest BCUT2D eigenvalue weighted by atomic mass is 10.0. The maximum atomic E-state index is 12.5. The molecular weight excluding hydrogens is 402 g/mol. The molecule has 0 aliphatic heterocycles. The molecule has 0 amide bonds. The molecule has 32 heavy (non-hydrogen) atoms. The molecular formula is C26H23N3O3. The zero-order valence-corrected chi connectivity index (χ0v) is 17.7. The van der Waals surface area contributed by atoms with Gasteiger partial charge in [-0.15, -0.1) is 0 Å². The summed E-state index contributed by atoms with van der Waals surface area (Å²) in [7, 11) is 1.65. The predicted octanol–water partition coefficient (Wildman–Crippen LogP) is 5.40. The molecule has 2 N–H and O–H groups in total. The van der Waals surface area contributed by atoms with Crippen LogP contribution in [0.15, 0.2) is 72.8 Å². The lowest BCUT2D eigenvalue weighted by Crippen LogP contribution is -2.07. The summed E-state index contributed by atoms with van der Waals surface area (Å²) < 4.78 is 10.8. The minimum atomic E-state index is -0.253. The van der Waals surface area contributed by atoms with Crippen molar-refractivity contribution < 1.29 is 14.3 Å². The largest absolute Gasteiger partial charge is 0.497 e. The van der Waals surface area contributed by atoms with Gasteiger partial charge >= 0.3 is 5.97 Å². The molecule has 0 atom stereocenters. The molecule has 0 bridgehead atoms. The third-order valence-corrected chi connectivity index (χ3v) is 5.58. The van der Waals surface area contributed by atoms with Gasteiger partial charge in [0.15, 0.2) is 0 Å². The topological polar surface area (TPSA) is 80.0 Å². The normalized spacial score (nSPS) is 11.2. The molecule has 0 radical (unpaired) electrons. The first-order chi connectivity index (χ1) is 15.7. The van der Waals surface area contributed by atoms with E-state index in [2.05, 4.69) is 21.0 Å². The van der Waals surface area contributed by atoms with Crippen LogP contribution in [0, 0.1) is 0 Å². The van der Waals surface area contributed by atoms with Crippen molar-refractivity contribution in [3.05, 3.63) is 84.2 Å². The molecule has 0 saturated carbocycles. The number of carbonyl (C=O) groups excluding carboxylic acids is 1. The van der Waals surface area contributed by atoms with E-state index in [0.717, 1.165) is 44.5 Å². The molecule has 5 rings (SSSR count). The predicted molar refractivity (Wildman–Crippen MR) is 124 cm³/mol. The van der Waals surface area contributed by atoms with E-state index in [0.29, 0.717) is 12.2 Å². The molecule has 0 spiro atoms. The fourth-order valence-corrected chi connectivity index (χ4v) is 3.99. The van der Waals surface area contributed by atoms with Gasteiger partial charge in [-0.3, -0.25) is 4.79 Å². The van der Waals surface area contributed by atoms with E-state index < -0.39 is 0 Å². The second-order valence-electron chi connectivity index (χ2n) is 7.61. The number of aromatic nitrogens is 3. The number of aryl methyl sites for hydroxylation is 1. The molecule has 0 saturated heterocycles.